The van der Waals surface area contributed by atoms with Crippen LogP contribution in [0.5, 0.6) is 11.5 Å². The average Bonchev–Trinajstić information content (AvgIpc) is 0.724. The molecule has 0 spiro atoms. The third kappa shape index (κ3) is 17.9. The standard InChI is InChI=1S/C21H19N.C20H17NO2S.C20H17NOS.C20H17NO.C20H17NS.C20H17NSe/c1-15-11-12-21-18(13-15)14-17-8-4-6-10-20(17)22(21)19-9-5-3-7-16(19)2;1-14-11-12-18-20(13-14)24(22,23)19-10-6-5-9-17(19)21(18)16-8-4-3-7-15(16)2;1-14-11-12-18-20(13-14)23(22)19-10-6-5-9-17(19)21(18)16-8-4-3-7-15(16)2;3*1-14-11-12-18-20(13-14)22-19-10-6-5-9-17(19)21(18)16-8-4-3-7-15(16)2/h3-13H,14H2,1-2H3;3-13H,1-2H3;3-13H,1-2H3;3*3-13H,1-2H3. The van der Waals surface area contributed by atoms with Crippen LogP contribution >= 0.6 is 11.8 Å². The van der Waals surface area contributed by atoms with E-state index in [1.54, 1.807) is 18.2 Å². The molecule has 0 N–H and O–H groups in total. The number of para-hydroxylation sites is 13. The van der Waals surface area contributed by atoms with E-state index in [1.165, 1.54) is 137 Å². The van der Waals surface area contributed by atoms with Gasteiger partial charge in [0.05, 0.1) is 75.9 Å². The molecule has 1 atom stereocenters. The Morgan fingerprint density at radius 1 is 0.244 bits per heavy atom. The summed E-state index contributed by atoms with van der Waals surface area (Å²) in [5.41, 5.74) is 37.9. The van der Waals surface area contributed by atoms with Gasteiger partial charge in [-0.05, 0) is 270 Å². The van der Waals surface area contributed by atoms with E-state index in [2.05, 4.69) is 360 Å². The van der Waals surface area contributed by atoms with Crippen molar-refractivity contribution in [2.75, 3.05) is 29.4 Å². The predicted octanol–water partition coefficient (Wildman–Crippen LogP) is 31.7. The molecule has 135 heavy (non-hydrogen) atoms. The van der Waals surface area contributed by atoms with Gasteiger partial charge in [-0.3, -0.25) is 0 Å². The molecule has 0 saturated heterocycles. The number of sulfone groups is 1. The number of anilines is 18. The number of aryl methyl sites for hydroxylation is 12. The first kappa shape index (κ1) is 89.7. The van der Waals surface area contributed by atoms with Crippen LogP contribution in [0.3, 0.4) is 0 Å². The van der Waals surface area contributed by atoms with E-state index in [9.17, 15) is 12.6 Å². The second-order valence-electron chi connectivity index (χ2n) is 34.9. The van der Waals surface area contributed by atoms with E-state index in [-0.39, 0.29) is 0 Å². The summed E-state index contributed by atoms with van der Waals surface area (Å²) in [7, 11) is -4.66. The van der Waals surface area contributed by atoms with Gasteiger partial charge in [-0.25, -0.2) is 12.6 Å². The summed E-state index contributed by atoms with van der Waals surface area (Å²) in [5.74, 6) is 1.80. The van der Waals surface area contributed by atoms with Gasteiger partial charge in [-0.1, -0.05) is 211 Å². The van der Waals surface area contributed by atoms with Gasteiger partial charge < -0.3 is 29.2 Å². The number of ether oxygens (including phenoxy) is 1. The van der Waals surface area contributed by atoms with Crippen molar-refractivity contribution < 1.29 is 17.4 Å². The van der Waals surface area contributed by atoms with Crippen molar-refractivity contribution in [2.45, 2.75) is 119 Å². The fourth-order valence-corrected chi connectivity index (χ4v) is 25.2. The van der Waals surface area contributed by atoms with E-state index in [4.69, 9.17) is 4.74 Å². The molecule has 14 heteroatoms. The zero-order chi connectivity index (χ0) is 93.3. The Morgan fingerprint density at radius 2 is 0.578 bits per heavy atom. The molecule has 0 radical (unpaired) electrons. The number of benzene rings is 18. The normalized spacial score (nSPS) is 13.6. The molecule has 6 aliphatic heterocycles. The molecule has 0 bridgehead atoms. The van der Waals surface area contributed by atoms with Gasteiger partial charge in [0.1, 0.15) is 0 Å². The van der Waals surface area contributed by atoms with Gasteiger partial charge in [0, 0.05) is 56.0 Å². The summed E-state index contributed by atoms with van der Waals surface area (Å²) in [6.45, 7) is 25.4. The van der Waals surface area contributed by atoms with E-state index in [0.717, 1.165) is 78.5 Å². The molecule has 0 fully saturated rings. The van der Waals surface area contributed by atoms with Crippen molar-refractivity contribution in [3.63, 3.8) is 0 Å². The first-order chi connectivity index (χ1) is 65.6. The van der Waals surface area contributed by atoms with Gasteiger partial charge >= 0.3 is 138 Å². The Balaban J connectivity index is 0.000000104. The number of hydrogen-bond acceptors (Lipinski definition) is 11. The van der Waals surface area contributed by atoms with Gasteiger partial charge in [0.15, 0.2) is 11.5 Å². The molecule has 1 unspecified atom stereocenters. The van der Waals surface area contributed by atoms with Crippen LogP contribution in [0.2, 0.25) is 0 Å². The van der Waals surface area contributed by atoms with E-state index in [0.29, 0.717) is 36.1 Å². The molecule has 18 aromatic rings. The fourth-order valence-electron chi connectivity index (χ4n) is 18.5. The van der Waals surface area contributed by atoms with Gasteiger partial charge in [-0.2, -0.15) is 0 Å². The van der Waals surface area contributed by atoms with Crippen molar-refractivity contribution in [3.05, 3.63) is 478 Å². The molecule has 0 aliphatic carbocycles. The van der Waals surface area contributed by atoms with Crippen molar-refractivity contribution in [3.8, 4) is 11.5 Å². The molecular weight excluding hydrogens is 1780 g/mol. The quantitative estimate of drug-likeness (QED) is 0.149. The van der Waals surface area contributed by atoms with Crippen LogP contribution in [0, 0.1) is 83.1 Å². The second kappa shape index (κ2) is 38.6. The molecule has 24 rings (SSSR count). The van der Waals surface area contributed by atoms with Crippen molar-refractivity contribution in [2.24, 2.45) is 0 Å². The molecule has 0 amide bonds. The van der Waals surface area contributed by atoms with Crippen molar-refractivity contribution in [1.82, 2.24) is 0 Å². The van der Waals surface area contributed by atoms with Crippen LogP contribution in [0.15, 0.2) is 430 Å². The molecular formula is C121H104N6O4S3Se. The van der Waals surface area contributed by atoms with E-state index < -0.39 is 20.6 Å². The Kier molecular flexibility index (Phi) is 25.7. The number of nitrogens with zero attached hydrogens (tertiary/aromatic N) is 6. The third-order valence-corrected chi connectivity index (χ3v) is 31.9. The number of rotatable bonds is 6. The molecule has 6 aliphatic rings. The molecule has 10 nitrogen and oxygen atoms in total. The Hall–Kier alpha value is -14.5. The molecule has 18 aromatic carbocycles. The Bertz CT molecular complexity index is 7120. The van der Waals surface area contributed by atoms with Crippen LogP contribution in [-0.4, -0.2) is 27.6 Å². The van der Waals surface area contributed by atoms with Gasteiger partial charge in [-0.15, -0.1) is 0 Å². The molecule has 666 valence electrons. The summed E-state index contributed by atoms with van der Waals surface area (Å²) in [6.07, 6.45) is 1.01. The van der Waals surface area contributed by atoms with E-state index in [1.807, 2.05) is 147 Å². The molecule has 0 aromatic heterocycles. The zero-order valence-corrected chi connectivity index (χ0v) is 81.9. The average molecular weight is 1880 g/mol. The summed E-state index contributed by atoms with van der Waals surface area (Å²) in [5, 5.41) is 0. The molecule has 6 heterocycles. The second-order valence-corrected chi connectivity index (χ2v) is 41.6. The summed E-state index contributed by atoms with van der Waals surface area (Å²) in [6, 6.07) is 139. The monoisotopic (exact) mass is 1880 g/mol. The minimum absolute atomic E-state index is 0.353. The maximum absolute atomic E-state index is 13.1. The SMILES string of the molecule is Cc1ccc2c(c1)Cc1ccccc1N2c1ccccc1C.Cc1ccc2c(c1)Oc1ccccc1N2c1ccccc1C.Cc1ccc2c(c1)S(=O)(=O)c1ccccc1N2c1ccccc1C.Cc1ccc2c(c1)S(=O)c1ccccc1N2c1ccccc1C.Cc1ccc2c(c1)Sc1ccccc1N2c1ccccc1C.Cc1ccc2c(c1)[Se]c1ccccc1N2c1ccccc1C. The van der Waals surface area contributed by atoms with Crippen LogP contribution in [0.25, 0.3) is 0 Å². The van der Waals surface area contributed by atoms with Crippen molar-refractivity contribution >= 4 is 159 Å². The fraction of sp³-hybridized carbons (Fsp3) is 0.107. The predicted molar refractivity (Wildman–Crippen MR) is 566 cm³/mol. The van der Waals surface area contributed by atoms with Gasteiger partial charge in [0.25, 0.3) is 0 Å². The maximum atomic E-state index is 13.1. The van der Waals surface area contributed by atoms with Crippen molar-refractivity contribution in [1.29, 1.82) is 0 Å². The summed E-state index contributed by atoms with van der Waals surface area (Å²) >= 11 is 2.23. The first-order valence-corrected chi connectivity index (χ1v) is 50.8. The van der Waals surface area contributed by atoms with Crippen LogP contribution < -0.4 is 43.1 Å². The Labute approximate surface area is 807 Å². The summed E-state index contributed by atoms with van der Waals surface area (Å²) < 4.78 is 48.2. The minimum atomic E-state index is -3.52. The van der Waals surface area contributed by atoms with Crippen LogP contribution in [-0.2, 0) is 27.1 Å². The first-order valence-electron chi connectivity index (χ1n) is 45.6. The Morgan fingerprint density at radius 3 is 1.16 bits per heavy atom. The van der Waals surface area contributed by atoms with Crippen LogP contribution in [0.1, 0.15) is 77.9 Å². The molecule has 0 saturated carbocycles. The van der Waals surface area contributed by atoms with E-state index >= 15 is 0 Å². The third-order valence-electron chi connectivity index (χ3n) is 25.2. The van der Waals surface area contributed by atoms with Crippen LogP contribution in [0.4, 0.5) is 102 Å². The topological polar surface area (TPSA) is 79.9 Å². The number of hydrogen-bond donors (Lipinski definition) is 0. The zero-order valence-electron chi connectivity index (χ0n) is 77.8. The van der Waals surface area contributed by atoms with Gasteiger partial charge in [0.2, 0.25) is 9.84 Å². The summed E-state index contributed by atoms with van der Waals surface area (Å²) in [4.78, 5) is 18.9. The number of fused-ring (bicyclic) bond motifs is 12.